The van der Waals surface area contributed by atoms with Crippen molar-refractivity contribution in [1.82, 2.24) is 4.90 Å². The molecule has 1 aliphatic rings. The molecule has 1 rings (SSSR count). The van der Waals surface area contributed by atoms with E-state index in [1.54, 1.807) is 0 Å². The molecule has 0 radical (unpaired) electrons. The highest BCUT2D eigenvalue weighted by Gasteiger charge is 2.29. The molecule has 3 heteroatoms. The average molecular weight is 203 g/mol. The SMILES string of the molecule is CCN1C[C@@H](CSC(C)C)[C@H](O)C1. The van der Waals surface area contributed by atoms with Gasteiger partial charge in [-0.05, 0) is 11.8 Å². The van der Waals surface area contributed by atoms with E-state index in [0.717, 1.165) is 25.4 Å². The fourth-order valence-electron chi connectivity index (χ4n) is 1.68. The predicted octanol–water partition coefficient (Wildman–Crippen LogP) is 1.44. The fraction of sp³-hybridized carbons (Fsp3) is 1.00. The van der Waals surface area contributed by atoms with E-state index in [1.807, 2.05) is 11.8 Å². The third-order valence-electron chi connectivity index (χ3n) is 2.57. The minimum absolute atomic E-state index is 0.0915. The Bertz CT molecular complexity index is 152. The smallest absolute Gasteiger partial charge is 0.0715 e. The Kier molecular flexibility index (Phi) is 4.56. The standard InChI is InChI=1S/C10H21NOS/c1-4-11-5-9(10(12)6-11)7-13-8(2)3/h8-10,12H,4-7H2,1-3H3/t9-,10+/m0/s1. The molecule has 0 aromatic carbocycles. The van der Waals surface area contributed by atoms with Crippen molar-refractivity contribution in [3.63, 3.8) is 0 Å². The number of likely N-dealkylation sites (tertiary alicyclic amines) is 1. The van der Waals surface area contributed by atoms with E-state index in [9.17, 15) is 5.11 Å². The molecule has 78 valence electrons. The first kappa shape index (κ1) is 11.3. The normalized spacial score (nSPS) is 30.2. The van der Waals surface area contributed by atoms with Gasteiger partial charge in [-0.2, -0.15) is 11.8 Å². The highest BCUT2D eigenvalue weighted by molar-refractivity contribution is 7.99. The molecule has 1 saturated heterocycles. The Balaban J connectivity index is 2.26. The second-order valence-corrected chi connectivity index (χ2v) is 5.67. The van der Waals surface area contributed by atoms with Crippen LogP contribution in [0, 0.1) is 5.92 Å². The summed E-state index contributed by atoms with van der Waals surface area (Å²) in [5, 5.41) is 10.4. The van der Waals surface area contributed by atoms with Crippen LogP contribution in [-0.2, 0) is 0 Å². The lowest BCUT2D eigenvalue weighted by molar-refractivity contribution is 0.150. The minimum Gasteiger partial charge on any atom is -0.391 e. The molecule has 0 unspecified atom stereocenters. The Hall–Kier alpha value is 0.270. The molecule has 0 aliphatic carbocycles. The number of thioether (sulfide) groups is 1. The fourth-order valence-corrected chi connectivity index (χ4v) is 2.64. The zero-order valence-electron chi connectivity index (χ0n) is 8.86. The highest BCUT2D eigenvalue weighted by atomic mass is 32.2. The molecular formula is C10H21NOS. The predicted molar refractivity (Wildman–Crippen MR) is 59.2 cm³/mol. The number of likely N-dealkylation sites (N-methyl/N-ethyl adjacent to an activating group) is 1. The first-order chi connectivity index (χ1) is 6.13. The van der Waals surface area contributed by atoms with Gasteiger partial charge in [-0.15, -0.1) is 0 Å². The number of aliphatic hydroxyl groups excluding tert-OH is 1. The van der Waals surface area contributed by atoms with Gasteiger partial charge in [0.2, 0.25) is 0 Å². The summed E-state index contributed by atoms with van der Waals surface area (Å²) in [6.45, 7) is 9.61. The van der Waals surface area contributed by atoms with Gasteiger partial charge in [0.05, 0.1) is 6.10 Å². The van der Waals surface area contributed by atoms with Crippen LogP contribution >= 0.6 is 11.8 Å². The third-order valence-corrected chi connectivity index (χ3v) is 3.86. The zero-order chi connectivity index (χ0) is 9.84. The van der Waals surface area contributed by atoms with Gasteiger partial charge in [-0.3, -0.25) is 0 Å². The van der Waals surface area contributed by atoms with Crippen LogP contribution in [-0.4, -0.2) is 46.7 Å². The maximum absolute atomic E-state index is 9.75. The van der Waals surface area contributed by atoms with Crippen LogP contribution in [0.25, 0.3) is 0 Å². The number of rotatable bonds is 4. The lowest BCUT2D eigenvalue weighted by Gasteiger charge is -2.14. The Morgan fingerprint density at radius 1 is 1.46 bits per heavy atom. The molecule has 0 aromatic rings. The number of hydrogen-bond donors (Lipinski definition) is 1. The van der Waals surface area contributed by atoms with Crippen LogP contribution in [0.1, 0.15) is 20.8 Å². The molecule has 0 aromatic heterocycles. The maximum Gasteiger partial charge on any atom is 0.0715 e. The summed E-state index contributed by atoms with van der Waals surface area (Å²) in [6.07, 6.45) is -0.0915. The summed E-state index contributed by atoms with van der Waals surface area (Å²) in [6, 6.07) is 0. The quantitative estimate of drug-likeness (QED) is 0.748. The van der Waals surface area contributed by atoms with Gasteiger partial charge >= 0.3 is 0 Å². The molecular weight excluding hydrogens is 182 g/mol. The van der Waals surface area contributed by atoms with Crippen LogP contribution < -0.4 is 0 Å². The largest absolute Gasteiger partial charge is 0.391 e. The summed E-state index contributed by atoms with van der Waals surface area (Å²) in [7, 11) is 0. The van der Waals surface area contributed by atoms with Crippen molar-refractivity contribution < 1.29 is 5.11 Å². The van der Waals surface area contributed by atoms with Gasteiger partial charge in [0.1, 0.15) is 0 Å². The van der Waals surface area contributed by atoms with E-state index in [4.69, 9.17) is 0 Å². The maximum atomic E-state index is 9.75. The second kappa shape index (κ2) is 5.23. The van der Waals surface area contributed by atoms with Gasteiger partial charge < -0.3 is 10.0 Å². The van der Waals surface area contributed by atoms with Gasteiger partial charge in [-0.25, -0.2) is 0 Å². The van der Waals surface area contributed by atoms with E-state index in [-0.39, 0.29) is 6.10 Å². The van der Waals surface area contributed by atoms with Crippen LogP contribution in [0.2, 0.25) is 0 Å². The van der Waals surface area contributed by atoms with E-state index in [0.29, 0.717) is 11.2 Å². The van der Waals surface area contributed by atoms with Gasteiger partial charge in [0.15, 0.2) is 0 Å². The summed E-state index contributed by atoms with van der Waals surface area (Å²) >= 11 is 1.96. The van der Waals surface area contributed by atoms with Gasteiger partial charge in [0.25, 0.3) is 0 Å². The Labute approximate surface area is 85.7 Å². The number of hydrogen-bond acceptors (Lipinski definition) is 3. The van der Waals surface area contributed by atoms with Crippen LogP contribution in [0.5, 0.6) is 0 Å². The Morgan fingerprint density at radius 2 is 2.15 bits per heavy atom. The molecule has 0 bridgehead atoms. The average Bonchev–Trinajstić information content (AvgIpc) is 2.43. The molecule has 1 fully saturated rings. The lowest BCUT2D eigenvalue weighted by Crippen LogP contribution is -2.21. The van der Waals surface area contributed by atoms with Crippen LogP contribution in [0.4, 0.5) is 0 Å². The van der Waals surface area contributed by atoms with Crippen LogP contribution in [0.3, 0.4) is 0 Å². The highest BCUT2D eigenvalue weighted by Crippen LogP contribution is 2.23. The second-order valence-electron chi connectivity index (χ2n) is 4.06. The van der Waals surface area contributed by atoms with Crippen molar-refractivity contribution in [3.8, 4) is 0 Å². The van der Waals surface area contributed by atoms with E-state index >= 15 is 0 Å². The van der Waals surface area contributed by atoms with Crippen molar-refractivity contribution in [2.24, 2.45) is 5.92 Å². The topological polar surface area (TPSA) is 23.5 Å². The molecule has 0 saturated carbocycles. The summed E-state index contributed by atoms with van der Waals surface area (Å²) in [5.74, 6) is 1.60. The first-order valence-corrected chi connectivity index (χ1v) is 6.20. The van der Waals surface area contributed by atoms with E-state index in [2.05, 4.69) is 25.7 Å². The van der Waals surface area contributed by atoms with Crippen molar-refractivity contribution in [2.75, 3.05) is 25.4 Å². The molecule has 2 nitrogen and oxygen atoms in total. The van der Waals surface area contributed by atoms with Gasteiger partial charge in [0, 0.05) is 24.8 Å². The first-order valence-electron chi connectivity index (χ1n) is 5.15. The zero-order valence-corrected chi connectivity index (χ0v) is 9.68. The van der Waals surface area contributed by atoms with Crippen LogP contribution in [0.15, 0.2) is 0 Å². The number of β-amino-alcohol motifs (C(OH)–C–C–N with tert-alkyl or cyclic N) is 1. The molecule has 0 spiro atoms. The monoisotopic (exact) mass is 203 g/mol. The van der Waals surface area contributed by atoms with Crippen molar-refractivity contribution in [3.05, 3.63) is 0 Å². The Morgan fingerprint density at radius 3 is 2.62 bits per heavy atom. The number of nitrogens with zero attached hydrogens (tertiary/aromatic N) is 1. The lowest BCUT2D eigenvalue weighted by atomic mass is 10.1. The molecule has 1 aliphatic heterocycles. The summed E-state index contributed by atoms with van der Waals surface area (Å²) in [5.41, 5.74) is 0. The third kappa shape index (κ3) is 3.49. The van der Waals surface area contributed by atoms with Crippen molar-refractivity contribution >= 4 is 11.8 Å². The molecule has 1 heterocycles. The van der Waals surface area contributed by atoms with E-state index < -0.39 is 0 Å². The van der Waals surface area contributed by atoms with Gasteiger partial charge in [-0.1, -0.05) is 20.8 Å². The minimum atomic E-state index is -0.0915. The molecule has 13 heavy (non-hydrogen) atoms. The van der Waals surface area contributed by atoms with Crippen molar-refractivity contribution in [2.45, 2.75) is 32.1 Å². The molecule has 1 N–H and O–H groups in total. The summed E-state index contributed by atoms with van der Waals surface area (Å²) < 4.78 is 0. The number of aliphatic hydroxyl groups is 1. The summed E-state index contributed by atoms with van der Waals surface area (Å²) in [4.78, 5) is 2.33. The molecule has 2 atom stereocenters. The van der Waals surface area contributed by atoms with Crippen molar-refractivity contribution in [1.29, 1.82) is 0 Å². The molecule has 0 amide bonds. The van der Waals surface area contributed by atoms with E-state index in [1.165, 1.54) is 0 Å².